The lowest BCUT2D eigenvalue weighted by molar-refractivity contribution is 0.0916. The molecule has 2 atom stereocenters. The monoisotopic (exact) mass is 309 g/mol. The zero-order valence-corrected chi connectivity index (χ0v) is 12.7. The fourth-order valence-electron chi connectivity index (χ4n) is 2.47. The van der Waals surface area contributed by atoms with Gasteiger partial charge in [-0.15, -0.1) is 0 Å². The van der Waals surface area contributed by atoms with Gasteiger partial charge in [-0.25, -0.2) is 13.1 Å². The minimum atomic E-state index is -3.55. The van der Waals surface area contributed by atoms with Crippen LogP contribution in [0.5, 0.6) is 0 Å². The van der Waals surface area contributed by atoms with Crippen LogP contribution in [0.1, 0.15) is 24.8 Å². The summed E-state index contributed by atoms with van der Waals surface area (Å²) in [5, 5.41) is 8.63. The van der Waals surface area contributed by atoms with Crippen LogP contribution in [0, 0.1) is 11.8 Å². The average Bonchev–Trinajstić information content (AvgIpc) is 2.92. The number of hydrogen-bond donors (Lipinski definition) is 2. The first-order valence-electron chi connectivity index (χ1n) is 6.82. The molecule has 0 aromatic heterocycles. The summed E-state index contributed by atoms with van der Waals surface area (Å²) >= 11 is 0. The Balaban J connectivity index is 2.12. The molecule has 21 heavy (non-hydrogen) atoms. The largest absolute Gasteiger partial charge is 0.384 e. The lowest BCUT2D eigenvalue weighted by atomic mass is 10.2. The second-order valence-corrected chi connectivity index (χ2v) is 6.63. The van der Waals surface area contributed by atoms with Crippen molar-refractivity contribution in [3.63, 3.8) is 0 Å². The fraction of sp³-hybridized carbons (Fsp3) is 0.467. The molecule has 0 bridgehead atoms. The molecule has 2 unspecified atom stereocenters. The molecule has 0 spiro atoms. The first kappa shape index (κ1) is 16.0. The lowest BCUT2D eigenvalue weighted by Crippen LogP contribution is -2.40. The van der Waals surface area contributed by atoms with Crippen molar-refractivity contribution in [2.24, 2.45) is 0 Å². The van der Waals surface area contributed by atoms with Crippen molar-refractivity contribution in [3.05, 3.63) is 29.8 Å². The molecular weight excluding hydrogens is 290 g/mol. The van der Waals surface area contributed by atoms with Crippen LogP contribution in [0.3, 0.4) is 0 Å². The van der Waals surface area contributed by atoms with Gasteiger partial charge in [-0.2, -0.15) is 0 Å². The van der Waals surface area contributed by atoms with Crippen molar-refractivity contribution < 1.29 is 18.3 Å². The fourth-order valence-corrected chi connectivity index (χ4v) is 3.77. The Morgan fingerprint density at radius 1 is 1.33 bits per heavy atom. The van der Waals surface area contributed by atoms with Gasteiger partial charge in [-0.3, -0.25) is 0 Å². The molecule has 1 aromatic rings. The minimum Gasteiger partial charge on any atom is -0.384 e. The molecule has 1 saturated carbocycles. The first-order valence-corrected chi connectivity index (χ1v) is 8.30. The van der Waals surface area contributed by atoms with Gasteiger partial charge in [0, 0.05) is 18.7 Å². The van der Waals surface area contributed by atoms with Crippen LogP contribution in [0.2, 0.25) is 0 Å². The number of sulfonamides is 1. The van der Waals surface area contributed by atoms with Crippen molar-refractivity contribution >= 4 is 10.0 Å². The van der Waals surface area contributed by atoms with E-state index in [0.717, 1.165) is 19.3 Å². The molecule has 2 N–H and O–H groups in total. The van der Waals surface area contributed by atoms with Crippen molar-refractivity contribution in [1.82, 2.24) is 4.72 Å². The minimum absolute atomic E-state index is 0.0607. The summed E-state index contributed by atoms with van der Waals surface area (Å²) in [4.78, 5) is 0.207. The van der Waals surface area contributed by atoms with Gasteiger partial charge in [0.1, 0.15) is 6.61 Å². The Morgan fingerprint density at radius 2 is 2.05 bits per heavy atom. The van der Waals surface area contributed by atoms with Crippen LogP contribution in [-0.2, 0) is 14.8 Å². The molecule has 5 nitrogen and oxygen atoms in total. The van der Waals surface area contributed by atoms with Crippen molar-refractivity contribution in [1.29, 1.82) is 0 Å². The standard InChI is InChI=1S/C15H19NO4S/c1-20-15-6-2-5-14(15)16-21(18,19)13-9-7-12(8-10-13)4-3-11-17/h7-10,14-17H,2,5-6,11H2,1H3. The summed E-state index contributed by atoms with van der Waals surface area (Å²) in [6.45, 7) is -0.221. The third kappa shape index (κ3) is 4.05. The van der Waals surface area contributed by atoms with Crippen LogP contribution >= 0.6 is 0 Å². The molecular formula is C15H19NO4S. The number of hydrogen-bond acceptors (Lipinski definition) is 4. The second kappa shape index (κ2) is 7.05. The zero-order chi connectivity index (χ0) is 15.3. The highest BCUT2D eigenvalue weighted by atomic mass is 32.2. The van der Waals surface area contributed by atoms with E-state index < -0.39 is 10.0 Å². The number of ether oxygens (including phenoxy) is 1. The van der Waals surface area contributed by atoms with E-state index in [2.05, 4.69) is 16.6 Å². The number of benzene rings is 1. The molecule has 0 heterocycles. The number of aliphatic hydroxyl groups excluding tert-OH is 1. The summed E-state index contributed by atoms with van der Waals surface area (Å²) < 4.78 is 32.7. The number of methoxy groups -OCH3 is 1. The summed E-state index contributed by atoms with van der Waals surface area (Å²) in [5.74, 6) is 5.25. The van der Waals surface area contributed by atoms with Gasteiger partial charge in [-0.05, 0) is 43.5 Å². The van der Waals surface area contributed by atoms with Gasteiger partial charge in [-0.1, -0.05) is 11.8 Å². The van der Waals surface area contributed by atoms with E-state index in [-0.39, 0.29) is 23.6 Å². The Morgan fingerprint density at radius 3 is 2.67 bits per heavy atom. The number of aliphatic hydroxyl groups is 1. The molecule has 1 aliphatic carbocycles. The molecule has 114 valence electrons. The lowest BCUT2D eigenvalue weighted by Gasteiger charge is -2.19. The van der Waals surface area contributed by atoms with Gasteiger partial charge in [0.2, 0.25) is 10.0 Å². The smallest absolute Gasteiger partial charge is 0.240 e. The third-order valence-corrected chi connectivity index (χ3v) is 5.04. The zero-order valence-electron chi connectivity index (χ0n) is 11.9. The molecule has 6 heteroatoms. The van der Waals surface area contributed by atoms with Gasteiger partial charge in [0.05, 0.1) is 11.0 Å². The first-order chi connectivity index (χ1) is 10.1. The molecule has 1 aliphatic rings. The molecule has 1 fully saturated rings. The van der Waals surface area contributed by atoms with Crippen molar-refractivity contribution in [2.45, 2.75) is 36.3 Å². The Bertz CT molecular complexity index is 628. The summed E-state index contributed by atoms with van der Waals surface area (Å²) in [6.07, 6.45) is 2.56. The SMILES string of the molecule is COC1CCCC1NS(=O)(=O)c1ccc(C#CCO)cc1. The predicted molar refractivity (Wildman–Crippen MR) is 79.2 cm³/mol. The highest BCUT2D eigenvalue weighted by molar-refractivity contribution is 7.89. The average molecular weight is 309 g/mol. The summed E-state index contributed by atoms with van der Waals surface area (Å²) in [7, 11) is -1.95. The number of rotatable bonds is 4. The molecule has 2 rings (SSSR count). The van der Waals surface area contributed by atoms with Crippen LogP contribution in [0.15, 0.2) is 29.2 Å². The van der Waals surface area contributed by atoms with Crippen LogP contribution < -0.4 is 4.72 Å². The summed E-state index contributed by atoms with van der Waals surface area (Å²) in [6, 6.07) is 6.11. The van der Waals surface area contributed by atoms with E-state index in [9.17, 15) is 8.42 Å². The van der Waals surface area contributed by atoms with Crippen LogP contribution in [-0.4, -0.2) is 39.4 Å². The second-order valence-electron chi connectivity index (χ2n) is 4.92. The maximum atomic E-state index is 12.3. The maximum Gasteiger partial charge on any atom is 0.240 e. The highest BCUT2D eigenvalue weighted by Gasteiger charge is 2.31. The van der Waals surface area contributed by atoms with Gasteiger partial charge >= 0.3 is 0 Å². The van der Waals surface area contributed by atoms with E-state index in [1.165, 1.54) is 12.1 Å². The van der Waals surface area contributed by atoms with E-state index in [4.69, 9.17) is 9.84 Å². The third-order valence-electron chi connectivity index (χ3n) is 3.54. The normalized spacial score (nSPS) is 21.8. The van der Waals surface area contributed by atoms with Crippen LogP contribution in [0.25, 0.3) is 0 Å². The highest BCUT2D eigenvalue weighted by Crippen LogP contribution is 2.23. The predicted octanol–water partition coefficient (Wildman–Crippen LogP) is 0.876. The van der Waals surface area contributed by atoms with Gasteiger partial charge in [0.15, 0.2) is 0 Å². The van der Waals surface area contributed by atoms with E-state index >= 15 is 0 Å². The van der Waals surface area contributed by atoms with Gasteiger partial charge < -0.3 is 9.84 Å². The van der Waals surface area contributed by atoms with E-state index in [1.807, 2.05) is 0 Å². The quantitative estimate of drug-likeness (QED) is 0.810. The maximum absolute atomic E-state index is 12.3. The molecule has 0 amide bonds. The van der Waals surface area contributed by atoms with E-state index in [1.54, 1.807) is 19.2 Å². The molecule has 0 radical (unpaired) electrons. The molecule has 0 aliphatic heterocycles. The van der Waals surface area contributed by atoms with Crippen molar-refractivity contribution in [3.8, 4) is 11.8 Å². The number of nitrogens with one attached hydrogen (secondary N) is 1. The van der Waals surface area contributed by atoms with Crippen molar-refractivity contribution in [2.75, 3.05) is 13.7 Å². The van der Waals surface area contributed by atoms with Crippen LogP contribution in [0.4, 0.5) is 0 Å². The Labute approximate surface area is 125 Å². The molecule has 0 saturated heterocycles. The Kier molecular flexibility index (Phi) is 5.37. The summed E-state index contributed by atoms with van der Waals surface area (Å²) in [5.41, 5.74) is 0.665. The van der Waals surface area contributed by atoms with E-state index in [0.29, 0.717) is 5.56 Å². The van der Waals surface area contributed by atoms with Gasteiger partial charge in [0.25, 0.3) is 0 Å². The molecule has 1 aromatic carbocycles. The Hall–Kier alpha value is -1.39. The topological polar surface area (TPSA) is 75.6 Å².